The minimum Gasteiger partial charge on any atom is -0.393 e. The summed E-state index contributed by atoms with van der Waals surface area (Å²) in [6.07, 6.45) is 7.03. The van der Waals surface area contributed by atoms with Crippen LogP contribution in [-0.2, 0) is 4.79 Å². The molecule has 0 saturated heterocycles. The Labute approximate surface area is 133 Å². The lowest BCUT2D eigenvalue weighted by molar-refractivity contribution is -0.157. The minimum absolute atomic E-state index is 0.0770. The average Bonchev–Trinajstić information content (AvgIpc) is 2.76. The van der Waals surface area contributed by atoms with Crippen LogP contribution in [-0.4, -0.2) is 28.2 Å². The second-order valence-corrected chi connectivity index (χ2v) is 9.32. The number of carbonyl (C=O) groups excluding carboxylic acids is 1. The zero-order valence-electron chi connectivity index (χ0n) is 13.9. The lowest BCUT2D eigenvalue weighted by Crippen LogP contribution is -2.56. The van der Waals surface area contributed by atoms with Crippen molar-refractivity contribution in [1.82, 2.24) is 0 Å². The first-order chi connectivity index (χ1) is 10.3. The molecule has 4 saturated carbocycles. The van der Waals surface area contributed by atoms with Gasteiger partial charge in [0.15, 0.2) is 0 Å². The predicted octanol–water partition coefficient (Wildman–Crippen LogP) is 2.93. The van der Waals surface area contributed by atoms with Crippen molar-refractivity contribution in [3.63, 3.8) is 0 Å². The topological polar surface area (TPSA) is 57.5 Å². The Hall–Kier alpha value is -0.410. The maximum absolute atomic E-state index is 12.8. The quantitative estimate of drug-likeness (QED) is 0.723. The standard InChI is InChI=1S/C19H30O3/c1-18-5-4-14-13(15(18)8-12(21)10-18)9-17(22)16-7-11(20)3-6-19(14,16)2/h11-16,20-21H,3-10H2,1-2H3/t11-,12-,13-,14+,15+,16-,18-,19-/m1/s1. The van der Waals surface area contributed by atoms with E-state index in [2.05, 4.69) is 13.8 Å². The zero-order valence-corrected chi connectivity index (χ0v) is 13.9. The highest BCUT2D eigenvalue weighted by atomic mass is 16.3. The molecule has 4 fully saturated rings. The Balaban J connectivity index is 1.67. The summed E-state index contributed by atoms with van der Waals surface area (Å²) < 4.78 is 0. The number of ketones is 1. The molecular formula is C19H30O3. The van der Waals surface area contributed by atoms with Gasteiger partial charge in [0.1, 0.15) is 5.78 Å². The highest BCUT2D eigenvalue weighted by Gasteiger charge is 2.61. The van der Waals surface area contributed by atoms with Crippen molar-refractivity contribution < 1.29 is 15.0 Å². The smallest absolute Gasteiger partial charge is 0.136 e. The maximum atomic E-state index is 12.8. The Morgan fingerprint density at radius 1 is 1.00 bits per heavy atom. The molecule has 0 aliphatic heterocycles. The fourth-order valence-electron chi connectivity index (χ4n) is 7.04. The number of aliphatic hydroxyl groups is 2. The molecule has 0 spiro atoms. The summed E-state index contributed by atoms with van der Waals surface area (Å²) >= 11 is 0. The number of Topliss-reactive ketones (excluding diaryl/α,β-unsaturated/α-hetero) is 1. The number of carbonyl (C=O) groups is 1. The van der Waals surface area contributed by atoms with Crippen LogP contribution in [0, 0.1) is 34.5 Å². The summed E-state index contributed by atoms with van der Waals surface area (Å²) in [6.45, 7) is 4.67. The third kappa shape index (κ3) is 1.97. The van der Waals surface area contributed by atoms with E-state index in [0.29, 0.717) is 36.4 Å². The van der Waals surface area contributed by atoms with Gasteiger partial charge in [0, 0.05) is 12.3 Å². The molecule has 0 aromatic carbocycles. The largest absolute Gasteiger partial charge is 0.393 e. The number of fused-ring (bicyclic) bond motifs is 5. The first kappa shape index (κ1) is 15.1. The summed E-state index contributed by atoms with van der Waals surface area (Å²) in [4.78, 5) is 12.8. The molecule has 0 amide bonds. The van der Waals surface area contributed by atoms with E-state index in [4.69, 9.17) is 0 Å². The molecule has 0 heterocycles. The SMILES string of the molecule is C[C@]12CC[C@H]3[C@@H](CC(=O)[C@H]4C[C@H](O)CC[C@@]43C)[C@@H]1C[C@@H](O)C2. The lowest BCUT2D eigenvalue weighted by Gasteiger charge is -2.59. The van der Waals surface area contributed by atoms with Crippen molar-refractivity contribution in [3.8, 4) is 0 Å². The van der Waals surface area contributed by atoms with E-state index in [9.17, 15) is 15.0 Å². The van der Waals surface area contributed by atoms with E-state index < -0.39 is 0 Å². The van der Waals surface area contributed by atoms with E-state index in [1.165, 1.54) is 12.8 Å². The second-order valence-electron chi connectivity index (χ2n) is 9.32. The number of rotatable bonds is 0. The van der Waals surface area contributed by atoms with Gasteiger partial charge in [-0.15, -0.1) is 0 Å². The van der Waals surface area contributed by atoms with Gasteiger partial charge in [0.2, 0.25) is 0 Å². The minimum atomic E-state index is -0.277. The molecule has 4 aliphatic carbocycles. The van der Waals surface area contributed by atoms with Crippen LogP contribution in [0.1, 0.15) is 65.2 Å². The van der Waals surface area contributed by atoms with E-state index >= 15 is 0 Å². The second kappa shape index (κ2) is 4.80. The van der Waals surface area contributed by atoms with Crippen molar-refractivity contribution >= 4 is 5.78 Å². The third-order valence-electron chi connectivity index (χ3n) is 8.18. The Morgan fingerprint density at radius 2 is 1.77 bits per heavy atom. The van der Waals surface area contributed by atoms with E-state index in [0.717, 1.165) is 25.7 Å². The maximum Gasteiger partial charge on any atom is 0.136 e. The fourth-order valence-corrected chi connectivity index (χ4v) is 7.04. The van der Waals surface area contributed by atoms with Crippen molar-refractivity contribution in [2.75, 3.05) is 0 Å². The van der Waals surface area contributed by atoms with Crippen LogP contribution < -0.4 is 0 Å². The fraction of sp³-hybridized carbons (Fsp3) is 0.947. The summed E-state index contributed by atoms with van der Waals surface area (Å²) in [5, 5.41) is 20.2. The zero-order chi connectivity index (χ0) is 15.7. The van der Waals surface area contributed by atoms with Crippen LogP contribution in [0.5, 0.6) is 0 Å². The molecular weight excluding hydrogens is 276 g/mol. The number of hydrogen-bond acceptors (Lipinski definition) is 3. The first-order valence-corrected chi connectivity index (χ1v) is 9.22. The van der Waals surface area contributed by atoms with Crippen LogP contribution in [0.3, 0.4) is 0 Å². The molecule has 3 heteroatoms. The summed E-state index contributed by atoms with van der Waals surface area (Å²) in [7, 11) is 0. The molecule has 0 aromatic rings. The predicted molar refractivity (Wildman–Crippen MR) is 84.1 cm³/mol. The molecule has 8 atom stereocenters. The van der Waals surface area contributed by atoms with Gasteiger partial charge in [-0.05, 0) is 73.5 Å². The van der Waals surface area contributed by atoms with Gasteiger partial charge in [0.25, 0.3) is 0 Å². The molecule has 4 aliphatic rings. The van der Waals surface area contributed by atoms with Gasteiger partial charge in [-0.2, -0.15) is 0 Å². The van der Waals surface area contributed by atoms with Crippen molar-refractivity contribution in [2.24, 2.45) is 34.5 Å². The molecule has 0 unspecified atom stereocenters. The van der Waals surface area contributed by atoms with E-state index in [-0.39, 0.29) is 29.0 Å². The van der Waals surface area contributed by atoms with Crippen LogP contribution >= 0.6 is 0 Å². The van der Waals surface area contributed by atoms with E-state index in [1.54, 1.807) is 0 Å². The molecule has 0 bridgehead atoms. The van der Waals surface area contributed by atoms with Crippen LogP contribution in [0.15, 0.2) is 0 Å². The van der Waals surface area contributed by atoms with Gasteiger partial charge in [-0.1, -0.05) is 13.8 Å². The molecule has 3 nitrogen and oxygen atoms in total. The summed E-state index contributed by atoms with van der Waals surface area (Å²) in [6, 6.07) is 0. The Kier molecular flexibility index (Phi) is 3.30. The normalized spacial score (nSPS) is 57.9. The van der Waals surface area contributed by atoms with Gasteiger partial charge in [0.05, 0.1) is 12.2 Å². The molecule has 2 N–H and O–H groups in total. The van der Waals surface area contributed by atoms with Gasteiger partial charge >= 0.3 is 0 Å². The van der Waals surface area contributed by atoms with Crippen molar-refractivity contribution in [3.05, 3.63) is 0 Å². The lowest BCUT2D eigenvalue weighted by atomic mass is 9.45. The average molecular weight is 306 g/mol. The Bertz CT molecular complexity index is 489. The van der Waals surface area contributed by atoms with Crippen molar-refractivity contribution in [2.45, 2.75) is 77.4 Å². The summed E-state index contributed by atoms with van der Waals surface area (Å²) in [5.74, 6) is 2.09. The highest BCUT2D eigenvalue weighted by Crippen LogP contribution is 2.65. The van der Waals surface area contributed by atoms with Crippen LogP contribution in [0.4, 0.5) is 0 Å². The molecule has 0 radical (unpaired) electrons. The molecule has 0 aromatic heterocycles. The molecule has 22 heavy (non-hydrogen) atoms. The van der Waals surface area contributed by atoms with Crippen LogP contribution in [0.25, 0.3) is 0 Å². The van der Waals surface area contributed by atoms with Crippen LogP contribution in [0.2, 0.25) is 0 Å². The van der Waals surface area contributed by atoms with E-state index in [1.807, 2.05) is 0 Å². The third-order valence-corrected chi connectivity index (χ3v) is 8.18. The summed E-state index contributed by atoms with van der Waals surface area (Å²) in [5.41, 5.74) is 0.340. The van der Waals surface area contributed by atoms with Gasteiger partial charge in [-0.25, -0.2) is 0 Å². The van der Waals surface area contributed by atoms with Gasteiger partial charge < -0.3 is 10.2 Å². The number of aliphatic hydroxyl groups excluding tert-OH is 2. The van der Waals surface area contributed by atoms with Crippen molar-refractivity contribution in [1.29, 1.82) is 0 Å². The number of hydrogen-bond donors (Lipinski definition) is 2. The van der Waals surface area contributed by atoms with Gasteiger partial charge in [-0.3, -0.25) is 4.79 Å². The molecule has 124 valence electrons. The molecule has 4 rings (SSSR count). The first-order valence-electron chi connectivity index (χ1n) is 9.22. The highest BCUT2D eigenvalue weighted by molar-refractivity contribution is 5.83. The Morgan fingerprint density at radius 3 is 2.55 bits per heavy atom. The monoisotopic (exact) mass is 306 g/mol.